The average Bonchev–Trinajstić information content (AvgIpc) is 2.49. The molecule has 0 radical (unpaired) electrons. The van der Waals surface area contributed by atoms with Crippen LogP contribution in [0, 0.1) is 0 Å². The van der Waals surface area contributed by atoms with Crippen LogP contribution in [0.2, 0.25) is 0 Å². The number of amides is 2. The van der Waals surface area contributed by atoms with E-state index in [4.69, 9.17) is 5.11 Å². The summed E-state index contributed by atoms with van der Waals surface area (Å²) in [5, 5.41) is 14.4. The van der Waals surface area contributed by atoms with Crippen LogP contribution in [0.4, 0.5) is 4.79 Å². The van der Waals surface area contributed by atoms with E-state index in [9.17, 15) is 14.4 Å². The number of thioether (sulfide) groups is 2. The number of carboxylic acid groups (broad SMARTS) is 1. The molecule has 1 saturated heterocycles. The normalized spacial score (nSPS) is 19.4. The van der Waals surface area contributed by atoms with E-state index >= 15 is 0 Å². The van der Waals surface area contributed by atoms with Crippen molar-refractivity contribution in [3.05, 3.63) is 0 Å². The maximum atomic E-state index is 11.7. The smallest absolute Gasteiger partial charge is 0.326 e. The van der Waals surface area contributed by atoms with Gasteiger partial charge >= 0.3 is 18.0 Å². The molecule has 3 N–H and O–H groups in total. The van der Waals surface area contributed by atoms with Crippen molar-refractivity contribution < 1.29 is 24.2 Å². The van der Waals surface area contributed by atoms with Crippen LogP contribution in [0.15, 0.2) is 0 Å². The molecule has 1 rings (SSSR count). The Hall–Kier alpha value is -1.09. The van der Waals surface area contributed by atoms with Crippen molar-refractivity contribution in [1.29, 1.82) is 0 Å². The van der Waals surface area contributed by atoms with Gasteiger partial charge in [-0.3, -0.25) is 4.79 Å². The lowest BCUT2D eigenvalue weighted by Gasteiger charge is -2.22. The number of esters is 1. The van der Waals surface area contributed by atoms with Crippen LogP contribution in [0.3, 0.4) is 0 Å². The monoisotopic (exact) mass is 336 g/mol. The second-order valence-electron chi connectivity index (χ2n) is 4.43. The molecule has 2 amide bonds. The third kappa shape index (κ3) is 7.47. The predicted octanol–water partition coefficient (Wildman–Crippen LogP) is 0.541. The van der Waals surface area contributed by atoms with Crippen molar-refractivity contribution in [2.75, 3.05) is 30.9 Å². The molecule has 0 bridgehead atoms. The van der Waals surface area contributed by atoms with Crippen LogP contribution in [0.5, 0.6) is 0 Å². The Morgan fingerprint density at radius 1 is 1.38 bits per heavy atom. The molecule has 120 valence electrons. The van der Waals surface area contributed by atoms with E-state index in [-0.39, 0.29) is 12.8 Å². The molecule has 0 aromatic carbocycles. The summed E-state index contributed by atoms with van der Waals surface area (Å²) >= 11 is 3.66. The minimum absolute atomic E-state index is 0.00343. The largest absolute Gasteiger partial charge is 0.480 e. The van der Waals surface area contributed by atoms with Gasteiger partial charge in [0, 0.05) is 35.5 Å². The summed E-state index contributed by atoms with van der Waals surface area (Å²) in [7, 11) is 1.23. The number of carbonyl (C=O) groups excluding carboxylic acids is 2. The van der Waals surface area contributed by atoms with E-state index in [1.807, 2.05) is 11.8 Å². The first-order valence-corrected chi connectivity index (χ1v) is 8.76. The van der Waals surface area contributed by atoms with E-state index in [0.29, 0.717) is 11.8 Å². The van der Waals surface area contributed by atoms with Gasteiger partial charge in [0.05, 0.1) is 7.11 Å². The van der Waals surface area contributed by atoms with Gasteiger partial charge in [0.15, 0.2) is 0 Å². The molecule has 1 heterocycles. The number of carboxylic acids is 1. The van der Waals surface area contributed by atoms with Crippen molar-refractivity contribution in [3.63, 3.8) is 0 Å². The van der Waals surface area contributed by atoms with Crippen molar-refractivity contribution in [3.8, 4) is 0 Å². The van der Waals surface area contributed by atoms with Crippen molar-refractivity contribution >= 4 is 41.5 Å². The highest BCUT2D eigenvalue weighted by molar-refractivity contribution is 8.06. The van der Waals surface area contributed by atoms with Crippen molar-refractivity contribution in [1.82, 2.24) is 10.6 Å². The maximum Gasteiger partial charge on any atom is 0.326 e. The number of urea groups is 1. The van der Waals surface area contributed by atoms with Gasteiger partial charge < -0.3 is 20.5 Å². The molecule has 9 heteroatoms. The number of nitrogens with one attached hydrogen (secondary N) is 2. The fraction of sp³-hybridized carbons (Fsp3) is 0.750. The first kappa shape index (κ1) is 18.0. The quantitative estimate of drug-likeness (QED) is 0.583. The Balaban J connectivity index is 2.30. The Kier molecular flexibility index (Phi) is 8.36. The molecular weight excluding hydrogens is 316 g/mol. The SMILES string of the molecule is COC(=O)CC[C@@H](NC(=O)NCC1CSCCS1)C(=O)O. The van der Waals surface area contributed by atoms with E-state index in [0.717, 1.165) is 17.3 Å². The zero-order valence-electron chi connectivity index (χ0n) is 11.8. The number of hydrogen-bond donors (Lipinski definition) is 3. The zero-order chi connectivity index (χ0) is 15.7. The van der Waals surface area contributed by atoms with Crippen LogP contribution in [-0.2, 0) is 14.3 Å². The summed E-state index contributed by atoms with van der Waals surface area (Å²) in [6.45, 7) is 0.507. The average molecular weight is 336 g/mol. The van der Waals surface area contributed by atoms with Crippen LogP contribution >= 0.6 is 23.5 Å². The number of ether oxygens (including phenoxy) is 1. The molecule has 0 saturated carbocycles. The lowest BCUT2D eigenvalue weighted by Crippen LogP contribution is -2.48. The van der Waals surface area contributed by atoms with Crippen molar-refractivity contribution in [2.45, 2.75) is 24.1 Å². The number of hydrogen-bond acceptors (Lipinski definition) is 6. The molecular formula is C12H20N2O5S2. The summed E-state index contributed by atoms with van der Waals surface area (Å²) < 4.78 is 4.45. The molecule has 2 atom stereocenters. The van der Waals surface area contributed by atoms with Crippen LogP contribution in [0.25, 0.3) is 0 Å². The summed E-state index contributed by atoms with van der Waals surface area (Å²) in [6.07, 6.45) is -0.0493. The number of carbonyl (C=O) groups is 3. The van der Waals surface area contributed by atoms with Gasteiger partial charge in [-0.05, 0) is 6.42 Å². The van der Waals surface area contributed by atoms with Gasteiger partial charge in [-0.15, -0.1) is 0 Å². The van der Waals surface area contributed by atoms with E-state index in [1.54, 1.807) is 11.8 Å². The predicted molar refractivity (Wildman–Crippen MR) is 82.8 cm³/mol. The van der Waals surface area contributed by atoms with Gasteiger partial charge in [0.2, 0.25) is 0 Å². The minimum atomic E-state index is -1.17. The summed E-state index contributed by atoms with van der Waals surface area (Å²) in [5.74, 6) is 1.50. The minimum Gasteiger partial charge on any atom is -0.480 e. The third-order valence-electron chi connectivity index (χ3n) is 2.84. The Labute approximate surface area is 131 Å². The first-order valence-electron chi connectivity index (χ1n) is 6.56. The number of aliphatic carboxylic acids is 1. The molecule has 0 aromatic heterocycles. The molecule has 1 aliphatic heterocycles. The molecule has 7 nitrogen and oxygen atoms in total. The molecule has 0 aromatic rings. The van der Waals surface area contributed by atoms with Crippen LogP contribution in [-0.4, -0.2) is 65.3 Å². The second kappa shape index (κ2) is 9.78. The van der Waals surface area contributed by atoms with Crippen molar-refractivity contribution in [2.24, 2.45) is 0 Å². The maximum absolute atomic E-state index is 11.7. The highest BCUT2D eigenvalue weighted by Gasteiger charge is 2.22. The van der Waals surface area contributed by atoms with E-state index < -0.39 is 24.0 Å². The molecule has 1 fully saturated rings. The topological polar surface area (TPSA) is 105 Å². The third-order valence-corrected chi connectivity index (χ3v) is 5.69. The summed E-state index contributed by atoms with van der Waals surface area (Å²) in [5.41, 5.74) is 0. The Morgan fingerprint density at radius 3 is 2.71 bits per heavy atom. The van der Waals surface area contributed by atoms with Crippen LogP contribution in [0.1, 0.15) is 12.8 Å². The summed E-state index contributed by atoms with van der Waals surface area (Å²) in [6, 6.07) is -1.62. The van der Waals surface area contributed by atoms with Gasteiger partial charge in [0.25, 0.3) is 0 Å². The van der Waals surface area contributed by atoms with E-state index in [1.165, 1.54) is 7.11 Å². The highest BCUT2D eigenvalue weighted by atomic mass is 32.2. The van der Waals surface area contributed by atoms with Gasteiger partial charge in [0.1, 0.15) is 6.04 Å². The lowest BCUT2D eigenvalue weighted by molar-refractivity contribution is -0.142. The van der Waals surface area contributed by atoms with E-state index in [2.05, 4.69) is 15.4 Å². The Bertz CT molecular complexity index is 375. The Morgan fingerprint density at radius 2 is 2.14 bits per heavy atom. The molecule has 21 heavy (non-hydrogen) atoms. The van der Waals surface area contributed by atoms with Crippen LogP contribution < -0.4 is 10.6 Å². The molecule has 0 aliphatic carbocycles. The lowest BCUT2D eigenvalue weighted by atomic mass is 10.1. The van der Waals surface area contributed by atoms with Gasteiger partial charge in [-0.25, -0.2) is 9.59 Å². The molecule has 0 spiro atoms. The second-order valence-corrected chi connectivity index (χ2v) is 6.99. The number of methoxy groups -OCH3 is 1. The number of rotatable bonds is 7. The molecule has 1 aliphatic rings. The fourth-order valence-corrected chi connectivity index (χ4v) is 4.30. The van der Waals surface area contributed by atoms with Gasteiger partial charge in [-0.1, -0.05) is 0 Å². The van der Waals surface area contributed by atoms with Gasteiger partial charge in [-0.2, -0.15) is 23.5 Å². The first-order chi connectivity index (χ1) is 10.0. The molecule has 1 unspecified atom stereocenters. The zero-order valence-corrected chi connectivity index (χ0v) is 13.4. The highest BCUT2D eigenvalue weighted by Crippen LogP contribution is 2.23. The fourth-order valence-electron chi connectivity index (χ4n) is 1.69. The standard InChI is InChI=1S/C12H20N2O5S2/c1-19-10(15)3-2-9(11(16)17)14-12(18)13-6-8-7-20-4-5-21-8/h8-9H,2-7H2,1H3,(H,16,17)(H2,13,14,18)/t8?,9-/m1/s1. The summed E-state index contributed by atoms with van der Waals surface area (Å²) in [4.78, 5) is 33.7.